The maximum atomic E-state index is 13.9. The van der Waals surface area contributed by atoms with Crippen LogP contribution >= 0.6 is 0 Å². The van der Waals surface area contributed by atoms with E-state index in [1.54, 1.807) is 30.6 Å². The molecular weight excluding hydrogens is 618 g/mol. The van der Waals surface area contributed by atoms with E-state index >= 15 is 0 Å². The third kappa shape index (κ3) is 7.60. The first kappa shape index (κ1) is 35.1. The molecule has 2 fully saturated rings. The number of nitrogen functional groups attached to an aromatic ring is 1. The second kappa shape index (κ2) is 14.9. The molecule has 0 unspecified atom stereocenters. The molecule has 2 saturated heterocycles. The van der Waals surface area contributed by atoms with Crippen molar-refractivity contribution in [1.82, 2.24) is 20.9 Å². The summed E-state index contributed by atoms with van der Waals surface area (Å²) in [5.41, 5.74) is 17.1. The van der Waals surface area contributed by atoms with E-state index in [1.165, 1.54) is 11.8 Å². The van der Waals surface area contributed by atoms with Crippen LogP contribution in [0.2, 0.25) is 0 Å². The van der Waals surface area contributed by atoms with Gasteiger partial charge in [-0.3, -0.25) is 19.9 Å². The number of amides is 2. The molecule has 9 N–H and O–H groups in total. The first-order valence-electron chi connectivity index (χ1n) is 16.5. The molecule has 3 aromatic rings. The number of nitrogens with two attached hydrogens (primary N) is 2. The van der Waals surface area contributed by atoms with Crippen LogP contribution in [0.4, 0.5) is 17.1 Å². The van der Waals surface area contributed by atoms with Gasteiger partial charge in [-0.1, -0.05) is 18.2 Å². The van der Waals surface area contributed by atoms with Gasteiger partial charge in [0.25, 0.3) is 0 Å². The van der Waals surface area contributed by atoms with Crippen molar-refractivity contribution >= 4 is 40.2 Å². The minimum atomic E-state index is -0.512. The predicted octanol–water partition coefficient (Wildman–Crippen LogP) is 4.86. The van der Waals surface area contributed by atoms with Crippen molar-refractivity contribution in [3.8, 4) is 5.88 Å². The maximum Gasteiger partial charge on any atom is 0.237 e. The molecule has 3 aliphatic heterocycles. The second-order valence-corrected chi connectivity index (χ2v) is 13.0. The van der Waals surface area contributed by atoms with Crippen molar-refractivity contribution in [3.05, 3.63) is 96.0 Å². The molecule has 260 valence electrons. The third-order valence-electron chi connectivity index (χ3n) is 9.47. The predicted molar refractivity (Wildman–Crippen MR) is 197 cm³/mol. The number of likely N-dealkylation sites (tertiary alicyclic amines) is 1. The van der Waals surface area contributed by atoms with Gasteiger partial charge in [0.2, 0.25) is 17.7 Å². The molecule has 4 heterocycles. The minimum absolute atomic E-state index is 0. The molecule has 0 saturated carbocycles. The molecular formula is C37H49N9O3. The van der Waals surface area contributed by atoms with Gasteiger partial charge in [0, 0.05) is 80.5 Å². The van der Waals surface area contributed by atoms with Crippen molar-refractivity contribution < 1.29 is 15.8 Å². The van der Waals surface area contributed by atoms with Gasteiger partial charge in [0.1, 0.15) is 0 Å². The quantitative estimate of drug-likeness (QED) is 0.149. The summed E-state index contributed by atoms with van der Waals surface area (Å²) in [4.78, 5) is 37.4. The van der Waals surface area contributed by atoms with E-state index in [1.807, 2.05) is 47.9 Å². The largest absolute Gasteiger partial charge is 0.475 e. The zero-order valence-electron chi connectivity index (χ0n) is 28.3. The van der Waals surface area contributed by atoms with E-state index in [0.29, 0.717) is 62.0 Å². The molecule has 3 aliphatic rings. The average Bonchev–Trinajstić information content (AvgIpc) is 3.65. The molecule has 1 aromatic heterocycles. The first-order valence-corrected chi connectivity index (χ1v) is 16.5. The Morgan fingerprint density at radius 2 is 1.90 bits per heavy atom. The van der Waals surface area contributed by atoms with Crippen LogP contribution < -0.4 is 32.6 Å². The Kier molecular flexibility index (Phi) is 10.7. The highest BCUT2D eigenvalue weighted by Crippen LogP contribution is 2.43. The number of carbonyl (C=O) groups is 2. The summed E-state index contributed by atoms with van der Waals surface area (Å²) in [5, 5.41) is 11.9. The zero-order valence-corrected chi connectivity index (χ0v) is 28.3. The number of aromatic nitrogens is 1. The number of hydrogen-bond donors (Lipinski definition) is 5. The summed E-state index contributed by atoms with van der Waals surface area (Å²) in [7, 11) is 0. The zero-order chi connectivity index (χ0) is 33.8. The minimum Gasteiger partial charge on any atom is -0.475 e. The number of rotatable bonds is 10. The van der Waals surface area contributed by atoms with E-state index < -0.39 is 5.41 Å². The van der Waals surface area contributed by atoms with Gasteiger partial charge in [-0.15, -0.1) is 0 Å². The van der Waals surface area contributed by atoms with Gasteiger partial charge < -0.3 is 37.5 Å². The molecule has 0 bridgehead atoms. The Morgan fingerprint density at radius 1 is 1.12 bits per heavy atom. The van der Waals surface area contributed by atoms with Crippen LogP contribution in [0.25, 0.3) is 5.57 Å². The Morgan fingerprint density at radius 3 is 2.57 bits per heavy atom. The lowest BCUT2D eigenvalue weighted by Crippen LogP contribution is -2.43. The van der Waals surface area contributed by atoms with Gasteiger partial charge in [0.05, 0.1) is 23.8 Å². The van der Waals surface area contributed by atoms with Crippen molar-refractivity contribution in [1.29, 1.82) is 5.41 Å². The number of pyridine rings is 1. The van der Waals surface area contributed by atoms with E-state index in [4.69, 9.17) is 21.6 Å². The van der Waals surface area contributed by atoms with Crippen LogP contribution in [0.3, 0.4) is 0 Å². The molecule has 0 radical (unpaired) electrons. The fourth-order valence-electron chi connectivity index (χ4n) is 6.84. The number of nitrogens with zero attached hydrogens (tertiary/aromatic N) is 4. The van der Waals surface area contributed by atoms with Crippen LogP contribution in [0.15, 0.2) is 79.3 Å². The van der Waals surface area contributed by atoms with Crippen molar-refractivity contribution in [2.75, 3.05) is 55.2 Å². The SMILES string of the molecule is CC(C)Oc1ccc(C(=N)c2cc(N3CC[C@]4(CCN(CC(=O)N5CC=C(c6ccc(N/C=C\N)cc6)CC5)C4)C3=O)ccc2N)cn1.N.[HH]. The number of carbonyl (C=O) groups excluding carboxylic acids is 2. The first-order chi connectivity index (χ1) is 23.2. The normalized spacial score (nSPS) is 19.4. The summed E-state index contributed by atoms with van der Waals surface area (Å²) in [6.07, 6.45) is 9.14. The summed E-state index contributed by atoms with van der Waals surface area (Å²) < 4.78 is 5.63. The molecule has 6 rings (SSSR count). The summed E-state index contributed by atoms with van der Waals surface area (Å²) >= 11 is 0. The monoisotopic (exact) mass is 667 g/mol. The number of ether oxygens (including phenoxy) is 1. The van der Waals surface area contributed by atoms with Crippen molar-refractivity contribution in [2.45, 2.75) is 39.2 Å². The van der Waals surface area contributed by atoms with Gasteiger partial charge >= 0.3 is 0 Å². The van der Waals surface area contributed by atoms with Crippen LogP contribution in [0.5, 0.6) is 5.88 Å². The fraction of sp³-hybridized carbons (Fsp3) is 0.351. The Labute approximate surface area is 289 Å². The molecule has 1 spiro atoms. The lowest BCUT2D eigenvalue weighted by atomic mass is 9.85. The number of benzene rings is 2. The van der Waals surface area contributed by atoms with Gasteiger partial charge in [-0.05, 0) is 87.2 Å². The van der Waals surface area contributed by atoms with E-state index in [-0.39, 0.29) is 31.2 Å². The topological polar surface area (TPSA) is 189 Å². The molecule has 12 nitrogen and oxygen atoms in total. The summed E-state index contributed by atoms with van der Waals surface area (Å²) in [6.45, 7) is 7.29. The highest BCUT2D eigenvalue weighted by Gasteiger charge is 2.51. The Bertz CT molecular complexity index is 1740. The standard InChI is InChI=1S/C37H44N8O3.H3N.H2/c1-25(2)48-33-10-5-28(22-42-33)35(40)31-21-30(8-9-32(31)39)45-20-14-37(36(45)47)13-19-43(24-37)23-34(46)44-17-11-27(12-18-44)26-3-6-29(7-4-26)41-16-15-38;;/h3-11,15-16,21-22,25,40-41H,12-14,17-20,23-24,38-39H2,1-2H3;1H3;1H/b16-15-,40-35?;;/t37-;;/m0../s1. The Hall–Kier alpha value is -5.20. The van der Waals surface area contributed by atoms with Crippen molar-refractivity contribution in [3.63, 3.8) is 0 Å². The molecule has 0 aliphatic carbocycles. The number of nitrogens with one attached hydrogen (secondary N) is 2. The third-order valence-corrected chi connectivity index (χ3v) is 9.47. The van der Waals surface area contributed by atoms with Crippen LogP contribution in [0, 0.1) is 10.8 Å². The van der Waals surface area contributed by atoms with Gasteiger partial charge in [-0.2, -0.15) is 0 Å². The number of hydrogen-bond acceptors (Lipinski definition) is 10. The highest BCUT2D eigenvalue weighted by molar-refractivity contribution is 6.14. The van der Waals surface area contributed by atoms with E-state index in [0.717, 1.165) is 36.2 Å². The van der Waals surface area contributed by atoms with E-state index in [2.05, 4.69) is 33.4 Å². The lowest BCUT2D eigenvalue weighted by Gasteiger charge is -2.29. The number of anilines is 3. The van der Waals surface area contributed by atoms with Gasteiger partial charge in [0.15, 0.2) is 0 Å². The van der Waals surface area contributed by atoms with E-state index in [9.17, 15) is 9.59 Å². The maximum absolute atomic E-state index is 13.9. The van der Waals surface area contributed by atoms with Crippen LogP contribution in [0.1, 0.15) is 51.2 Å². The summed E-state index contributed by atoms with van der Waals surface area (Å²) in [5.74, 6) is 0.665. The molecule has 12 heteroatoms. The summed E-state index contributed by atoms with van der Waals surface area (Å²) in [6, 6.07) is 17.2. The highest BCUT2D eigenvalue weighted by atomic mass is 16.5. The smallest absolute Gasteiger partial charge is 0.237 e. The average molecular weight is 668 g/mol. The molecule has 2 amide bonds. The van der Waals surface area contributed by atoms with Crippen molar-refractivity contribution in [2.24, 2.45) is 11.1 Å². The molecule has 2 aromatic carbocycles. The Balaban J connectivity index is 0.00000281. The lowest BCUT2D eigenvalue weighted by molar-refractivity contribution is -0.132. The fourth-order valence-corrected chi connectivity index (χ4v) is 6.84. The second-order valence-electron chi connectivity index (χ2n) is 13.0. The van der Waals surface area contributed by atoms with Gasteiger partial charge in [-0.25, -0.2) is 4.98 Å². The molecule has 1 atom stereocenters. The molecule has 49 heavy (non-hydrogen) atoms. The van der Waals surface area contributed by atoms with Crippen LogP contribution in [-0.4, -0.2) is 77.7 Å². The van der Waals surface area contributed by atoms with Crippen LogP contribution in [-0.2, 0) is 9.59 Å².